The van der Waals surface area contributed by atoms with Crippen molar-refractivity contribution < 1.29 is 14.6 Å². The standard InChI is InChI=1S/C26H37ClN2O3/c1-20(16-27)18-31-24-8-4-21(5-9-24)26(2,3)22-6-10-25(11-7-22)32-19-23(30)17-29-14-12-28-13-15-29/h4-11,20,23,28,30H,12-19H2,1-3H3. The smallest absolute Gasteiger partial charge is 0.119 e. The number of hydrogen-bond donors (Lipinski definition) is 2. The van der Waals surface area contributed by atoms with Crippen molar-refractivity contribution in [3.63, 3.8) is 0 Å². The summed E-state index contributed by atoms with van der Waals surface area (Å²) in [5.41, 5.74) is 2.27. The maximum absolute atomic E-state index is 10.3. The zero-order valence-corrected chi connectivity index (χ0v) is 20.3. The van der Waals surface area contributed by atoms with E-state index in [0.717, 1.165) is 37.7 Å². The number of hydrogen-bond acceptors (Lipinski definition) is 5. The summed E-state index contributed by atoms with van der Waals surface area (Å²) >= 11 is 5.85. The fraction of sp³-hybridized carbons (Fsp3) is 0.538. The van der Waals surface area contributed by atoms with E-state index in [4.69, 9.17) is 21.1 Å². The molecule has 2 aromatic rings. The van der Waals surface area contributed by atoms with Crippen LogP contribution in [0.1, 0.15) is 31.9 Å². The summed E-state index contributed by atoms with van der Waals surface area (Å²) in [4.78, 5) is 2.27. The van der Waals surface area contributed by atoms with Gasteiger partial charge in [-0.1, -0.05) is 45.0 Å². The summed E-state index contributed by atoms with van der Waals surface area (Å²) in [6.45, 7) is 12.0. The summed E-state index contributed by atoms with van der Waals surface area (Å²) in [5, 5.41) is 13.6. The van der Waals surface area contributed by atoms with Gasteiger partial charge in [-0.25, -0.2) is 0 Å². The van der Waals surface area contributed by atoms with Gasteiger partial charge in [-0.2, -0.15) is 0 Å². The number of ether oxygens (including phenoxy) is 2. The van der Waals surface area contributed by atoms with Gasteiger partial charge in [0.2, 0.25) is 0 Å². The van der Waals surface area contributed by atoms with Crippen molar-refractivity contribution in [1.29, 1.82) is 0 Å². The van der Waals surface area contributed by atoms with Crippen LogP contribution in [-0.4, -0.2) is 67.9 Å². The van der Waals surface area contributed by atoms with E-state index in [0.29, 0.717) is 31.6 Å². The van der Waals surface area contributed by atoms with Crippen LogP contribution >= 0.6 is 11.6 Å². The normalized spacial score (nSPS) is 17.0. The molecule has 1 heterocycles. The zero-order chi connectivity index (χ0) is 23.0. The zero-order valence-electron chi connectivity index (χ0n) is 19.5. The molecule has 3 rings (SSSR count). The SMILES string of the molecule is CC(CCl)COc1ccc(C(C)(C)c2ccc(OCC(O)CN3CCNCC3)cc2)cc1. The van der Waals surface area contributed by atoms with Crippen molar-refractivity contribution in [3.05, 3.63) is 59.7 Å². The van der Waals surface area contributed by atoms with Gasteiger partial charge in [-0.3, -0.25) is 4.90 Å². The number of benzene rings is 2. The van der Waals surface area contributed by atoms with Crippen molar-refractivity contribution in [2.75, 3.05) is 51.8 Å². The number of piperazine rings is 1. The highest BCUT2D eigenvalue weighted by Crippen LogP contribution is 2.33. The average molecular weight is 461 g/mol. The number of halogens is 1. The van der Waals surface area contributed by atoms with Gasteiger partial charge in [-0.05, 0) is 35.4 Å². The van der Waals surface area contributed by atoms with Crippen LogP contribution in [-0.2, 0) is 5.41 Å². The first-order chi connectivity index (χ1) is 15.4. The second-order valence-electron chi connectivity index (χ2n) is 9.26. The molecule has 0 bridgehead atoms. The Morgan fingerprint density at radius 2 is 1.44 bits per heavy atom. The fourth-order valence-electron chi connectivity index (χ4n) is 3.82. The minimum absolute atomic E-state index is 0.150. The van der Waals surface area contributed by atoms with Crippen molar-refractivity contribution in [3.8, 4) is 11.5 Å². The summed E-state index contributed by atoms with van der Waals surface area (Å²) < 4.78 is 11.6. The van der Waals surface area contributed by atoms with Crippen molar-refractivity contribution in [1.82, 2.24) is 10.2 Å². The Kier molecular flexibility index (Phi) is 9.23. The number of aliphatic hydroxyl groups excluding tert-OH is 1. The molecule has 0 saturated carbocycles. The summed E-state index contributed by atoms with van der Waals surface area (Å²) in [6.07, 6.45) is -0.489. The first-order valence-corrected chi connectivity index (χ1v) is 12.1. The van der Waals surface area contributed by atoms with Gasteiger partial charge in [0.25, 0.3) is 0 Å². The van der Waals surface area contributed by atoms with E-state index >= 15 is 0 Å². The molecular weight excluding hydrogens is 424 g/mol. The van der Waals surface area contributed by atoms with Gasteiger partial charge in [-0.15, -0.1) is 11.6 Å². The molecule has 176 valence electrons. The Morgan fingerprint density at radius 1 is 0.938 bits per heavy atom. The second kappa shape index (κ2) is 11.9. The molecule has 0 aliphatic carbocycles. The van der Waals surface area contributed by atoms with Crippen molar-refractivity contribution >= 4 is 11.6 Å². The minimum Gasteiger partial charge on any atom is -0.493 e. The molecule has 5 nitrogen and oxygen atoms in total. The van der Waals surface area contributed by atoms with Crippen LogP contribution < -0.4 is 14.8 Å². The summed E-state index contributed by atoms with van der Waals surface area (Å²) in [6, 6.07) is 16.5. The Labute approximate surface area is 197 Å². The van der Waals surface area contributed by atoms with E-state index < -0.39 is 6.10 Å². The van der Waals surface area contributed by atoms with E-state index in [9.17, 15) is 5.11 Å². The third-order valence-corrected chi connectivity index (χ3v) is 6.60. The lowest BCUT2D eigenvalue weighted by Gasteiger charge is -2.29. The van der Waals surface area contributed by atoms with Crippen LogP contribution in [0.5, 0.6) is 11.5 Å². The molecule has 2 aromatic carbocycles. The molecule has 1 aliphatic heterocycles. The number of aliphatic hydroxyl groups is 1. The molecule has 2 unspecified atom stereocenters. The Balaban J connectivity index is 1.53. The maximum Gasteiger partial charge on any atom is 0.119 e. The maximum atomic E-state index is 10.3. The second-order valence-corrected chi connectivity index (χ2v) is 9.57. The van der Waals surface area contributed by atoms with E-state index in [1.54, 1.807) is 0 Å². The molecule has 0 radical (unpaired) electrons. The van der Waals surface area contributed by atoms with E-state index in [1.807, 2.05) is 24.3 Å². The van der Waals surface area contributed by atoms with Gasteiger partial charge in [0.1, 0.15) is 24.2 Å². The molecule has 1 aliphatic rings. The monoisotopic (exact) mass is 460 g/mol. The molecule has 6 heteroatoms. The third kappa shape index (κ3) is 7.11. The van der Waals surface area contributed by atoms with Crippen LogP contribution in [0.15, 0.2) is 48.5 Å². The lowest BCUT2D eigenvalue weighted by Crippen LogP contribution is -2.47. The predicted molar refractivity (Wildman–Crippen MR) is 131 cm³/mol. The lowest BCUT2D eigenvalue weighted by atomic mass is 9.78. The molecule has 1 saturated heterocycles. The highest BCUT2D eigenvalue weighted by Gasteiger charge is 2.23. The molecule has 2 N–H and O–H groups in total. The first-order valence-electron chi connectivity index (χ1n) is 11.5. The van der Waals surface area contributed by atoms with E-state index in [-0.39, 0.29) is 5.41 Å². The predicted octanol–water partition coefficient (Wildman–Crippen LogP) is 3.91. The van der Waals surface area contributed by atoms with Crippen molar-refractivity contribution in [2.45, 2.75) is 32.3 Å². The van der Waals surface area contributed by atoms with Gasteiger partial charge in [0.05, 0.1) is 6.61 Å². The van der Waals surface area contributed by atoms with Crippen LogP contribution in [0.25, 0.3) is 0 Å². The van der Waals surface area contributed by atoms with Crippen LogP contribution in [0.2, 0.25) is 0 Å². The molecule has 0 aromatic heterocycles. The van der Waals surface area contributed by atoms with Crippen LogP contribution in [0, 0.1) is 5.92 Å². The number of nitrogens with one attached hydrogen (secondary N) is 1. The highest BCUT2D eigenvalue weighted by molar-refractivity contribution is 6.18. The molecule has 32 heavy (non-hydrogen) atoms. The van der Waals surface area contributed by atoms with Crippen molar-refractivity contribution in [2.24, 2.45) is 5.92 Å². The number of rotatable bonds is 11. The number of nitrogens with zero attached hydrogens (tertiary/aromatic N) is 1. The van der Waals surface area contributed by atoms with Gasteiger partial charge in [0.15, 0.2) is 0 Å². The van der Waals surface area contributed by atoms with Gasteiger partial charge < -0.3 is 19.9 Å². The highest BCUT2D eigenvalue weighted by atomic mass is 35.5. The molecular formula is C26H37ClN2O3. The van der Waals surface area contributed by atoms with Crippen LogP contribution in [0.3, 0.4) is 0 Å². The fourth-order valence-corrected chi connectivity index (χ4v) is 3.91. The average Bonchev–Trinajstić information content (AvgIpc) is 2.82. The molecule has 0 spiro atoms. The van der Waals surface area contributed by atoms with Gasteiger partial charge >= 0.3 is 0 Å². The summed E-state index contributed by atoms with van der Waals surface area (Å²) in [5.74, 6) is 2.57. The van der Waals surface area contributed by atoms with Gasteiger partial charge in [0, 0.05) is 49.9 Å². The first kappa shape index (κ1) is 24.8. The largest absolute Gasteiger partial charge is 0.493 e. The Hall–Kier alpha value is -1.79. The number of alkyl halides is 1. The topological polar surface area (TPSA) is 54.0 Å². The van der Waals surface area contributed by atoms with E-state index in [2.05, 4.69) is 55.3 Å². The Bertz CT molecular complexity index is 805. The lowest BCUT2D eigenvalue weighted by molar-refractivity contribution is 0.0641. The van der Waals surface area contributed by atoms with Crippen LogP contribution in [0.4, 0.5) is 0 Å². The Morgan fingerprint density at radius 3 is 1.94 bits per heavy atom. The molecule has 1 fully saturated rings. The quantitative estimate of drug-likeness (QED) is 0.498. The summed E-state index contributed by atoms with van der Waals surface area (Å²) in [7, 11) is 0. The number of β-amino-alcohol motifs (C(OH)–C–C–N with tert-alkyl or cyclic N) is 1. The third-order valence-electron chi connectivity index (χ3n) is 6.07. The molecule has 2 atom stereocenters. The van der Waals surface area contributed by atoms with E-state index in [1.165, 1.54) is 11.1 Å². The minimum atomic E-state index is -0.489. The molecule has 0 amide bonds.